The van der Waals surface area contributed by atoms with Crippen LogP contribution in [-0.2, 0) is 13.1 Å². The SMILES string of the molecule is Cl.c1cc(CN2CCNCC2)cc(Nc2nc3ccc(-c4cnn(CC5CC5)c4)cc3[nH]2)n1. The Morgan fingerprint density at radius 1 is 1.06 bits per heavy atom. The third-order valence-corrected chi connectivity index (χ3v) is 6.28. The number of pyridine rings is 1. The van der Waals surface area contributed by atoms with Crippen molar-refractivity contribution in [2.45, 2.75) is 25.9 Å². The number of hydrogen-bond donors (Lipinski definition) is 3. The van der Waals surface area contributed by atoms with Gasteiger partial charge in [-0.1, -0.05) is 6.07 Å². The van der Waals surface area contributed by atoms with Crippen LogP contribution >= 0.6 is 12.4 Å². The molecule has 2 aliphatic rings. The highest BCUT2D eigenvalue weighted by Gasteiger charge is 2.22. The number of imidazole rings is 1. The molecular formula is C24H29ClN8. The van der Waals surface area contributed by atoms with E-state index >= 15 is 0 Å². The molecule has 1 aliphatic heterocycles. The highest BCUT2D eigenvalue weighted by Crippen LogP contribution is 2.31. The largest absolute Gasteiger partial charge is 0.324 e. The molecule has 1 saturated carbocycles. The predicted molar refractivity (Wildman–Crippen MR) is 133 cm³/mol. The summed E-state index contributed by atoms with van der Waals surface area (Å²) in [5.41, 5.74) is 5.46. The van der Waals surface area contributed by atoms with E-state index in [0.717, 1.165) is 73.2 Å². The molecule has 0 radical (unpaired) electrons. The maximum atomic E-state index is 4.69. The lowest BCUT2D eigenvalue weighted by Crippen LogP contribution is -2.42. The molecular weight excluding hydrogens is 436 g/mol. The van der Waals surface area contributed by atoms with Gasteiger partial charge in [0.05, 0.1) is 17.2 Å². The molecule has 33 heavy (non-hydrogen) atoms. The second-order valence-corrected chi connectivity index (χ2v) is 8.91. The van der Waals surface area contributed by atoms with Gasteiger partial charge in [-0.2, -0.15) is 5.10 Å². The van der Waals surface area contributed by atoms with Gasteiger partial charge in [0.2, 0.25) is 5.95 Å². The lowest BCUT2D eigenvalue weighted by atomic mass is 10.1. The Morgan fingerprint density at radius 3 is 2.79 bits per heavy atom. The topological polar surface area (TPSA) is 86.7 Å². The predicted octanol–water partition coefficient (Wildman–Crippen LogP) is 3.80. The van der Waals surface area contributed by atoms with Crippen LogP contribution in [0, 0.1) is 5.92 Å². The third-order valence-electron chi connectivity index (χ3n) is 6.28. The van der Waals surface area contributed by atoms with E-state index in [2.05, 4.69) is 71.8 Å². The molecule has 9 heteroatoms. The molecule has 1 saturated heterocycles. The van der Waals surface area contributed by atoms with Crippen LogP contribution in [-0.4, -0.2) is 55.8 Å². The quantitative estimate of drug-likeness (QED) is 0.385. The molecule has 2 fully saturated rings. The van der Waals surface area contributed by atoms with E-state index in [1.54, 1.807) is 0 Å². The van der Waals surface area contributed by atoms with Crippen LogP contribution in [0.1, 0.15) is 18.4 Å². The summed E-state index contributed by atoms with van der Waals surface area (Å²) in [7, 11) is 0. The maximum absolute atomic E-state index is 4.69. The van der Waals surface area contributed by atoms with Gasteiger partial charge in [0.25, 0.3) is 0 Å². The molecule has 0 amide bonds. The summed E-state index contributed by atoms with van der Waals surface area (Å²) in [6.45, 7) is 6.24. The summed E-state index contributed by atoms with van der Waals surface area (Å²) in [5.74, 6) is 2.32. The van der Waals surface area contributed by atoms with Gasteiger partial charge in [0, 0.05) is 57.2 Å². The van der Waals surface area contributed by atoms with Crippen molar-refractivity contribution in [1.82, 2.24) is 34.9 Å². The zero-order chi connectivity index (χ0) is 21.3. The number of nitrogens with zero attached hydrogens (tertiary/aromatic N) is 5. The Hall–Kier alpha value is -2.94. The number of aromatic nitrogens is 5. The second kappa shape index (κ2) is 9.51. The number of nitrogens with one attached hydrogen (secondary N) is 3. The average Bonchev–Trinajstić information content (AvgIpc) is 3.34. The van der Waals surface area contributed by atoms with Gasteiger partial charge in [0.1, 0.15) is 5.82 Å². The minimum atomic E-state index is 0. The van der Waals surface area contributed by atoms with E-state index in [0.29, 0.717) is 5.95 Å². The Bertz CT molecular complexity index is 1220. The van der Waals surface area contributed by atoms with Gasteiger partial charge in [-0.15, -0.1) is 12.4 Å². The van der Waals surface area contributed by atoms with Gasteiger partial charge in [-0.3, -0.25) is 9.58 Å². The van der Waals surface area contributed by atoms with Gasteiger partial charge in [-0.25, -0.2) is 9.97 Å². The minimum Gasteiger partial charge on any atom is -0.324 e. The monoisotopic (exact) mass is 464 g/mol. The van der Waals surface area contributed by atoms with Crippen LogP contribution in [0.15, 0.2) is 48.9 Å². The van der Waals surface area contributed by atoms with Crippen LogP contribution in [0.2, 0.25) is 0 Å². The van der Waals surface area contributed by atoms with Crippen molar-refractivity contribution in [3.8, 4) is 11.1 Å². The van der Waals surface area contributed by atoms with Crippen LogP contribution in [0.5, 0.6) is 0 Å². The van der Waals surface area contributed by atoms with E-state index in [1.807, 2.05) is 12.4 Å². The van der Waals surface area contributed by atoms with E-state index in [1.165, 1.54) is 18.4 Å². The van der Waals surface area contributed by atoms with E-state index in [9.17, 15) is 0 Å². The zero-order valence-electron chi connectivity index (χ0n) is 18.5. The number of piperazine rings is 1. The van der Waals surface area contributed by atoms with E-state index in [4.69, 9.17) is 4.98 Å². The molecule has 0 spiro atoms. The molecule has 6 rings (SSSR count). The molecule has 4 heterocycles. The summed E-state index contributed by atoms with van der Waals surface area (Å²) < 4.78 is 2.07. The molecule has 4 aromatic rings. The van der Waals surface area contributed by atoms with Gasteiger partial charge >= 0.3 is 0 Å². The van der Waals surface area contributed by atoms with Crippen LogP contribution in [0.3, 0.4) is 0 Å². The van der Waals surface area contributed by atoms with Crippen molar-refractivity contribution in [2.24, 2.45) is 5.92 Å². The zero-order valence-corrected chi connectivity index (χ0v) is 19.3. The first-order chi connectivity index (χ1) is 15.8. The molecule has 1 aromatic carbocycles. The number of anilines is 2. The van der Waals surface area contributed by atoms with E-state index < -0.39 is 0 Å². The number of H-pyrrole nitrogens is 1. The van der Waals surface area contributed by atoms with E-state index in [-0.39, 0.29) is 12.4 Å². The van der Waals surface area contributed by atoms with Crippen molar-refractivity contribution >= 4 is 35.2 Å². The summed E-state index contributed by atoms with van der Waals surface area (Å²) in [6.07, 6.45) is 8.62. The molecule has 0 bridgehead atoms. The number of rotatable bonds is 7. The summed E-state index contributed by atoms with van der Waals surface area (Å²) in [6, 6.07) is 10.5. The average molecular weight is 465 g/mol. The smallest absolute Gasteiger partial charge is 0.206 e. The maximum Gasteiger partial charge on any atom is 0.206 e. The third kappa shape index (κ3) is 5.19. The number of benzene rings is 1. The first-order valence-electron chi connectivity index (χ1n) is 11.5. The number of aromatic amines is 1. The summed E-state index contributed by atoms with van der Waals surface area (Å²) in [5, 5.41) is 11.3. The Balaban J connectivity index is 0.00000228. The van der Waals surface area contributed by atoms with Crippen molar-refractivity contribution in [1.29, 1.82) is 0 Å². The molecule has 3 N–H and O–H groups in total. The first kappa shape index (κ1) is 21.9. The number of halogens is 1. The molecule has 0 unspecified atom stereocenters. The van der Waals surface area contributed by atoms with Gasteiger partial charge in [0.15, 0.2) is 0 Å². The van der Waals surface area contributed by atoms with Crippen molar-refractivity contribution in [3.63, 3.8) is 0 Å². The molecule has 8 nitrogen and oxygen atoms in total. The minimum absolute atomic E-state index is 0. The number of fused-ring (bicyclic) bond motifs is 1. The second-order valence-electron chi connectivity index (χ2n) is 8.91. The molecule has 1 aliphatic carbocycles. The highest BCUT2D eigenvalue weighted by atomic mass is 35.5. The fourth-order valence-corrected chi connectivity index (χ4v) is 4.32. The molecule has 3 aromatic heterocycles. The normalized spacial score (nSPS) is 16.6. The molecule has 172 valence electrons. The van der Waals surface area contributed by atoms with Crippen LogP contribution in [0.4, 0.5) is 11.8 Å². The number of hydrogen-bond acceptors (Lipinski definition) is 6. The fraction of sp³-hybridized carbons (Fsp3) is 0.375. The van der Waals surface area contributed by atoms with Crippen LogP contribution in [0.25, 0.3) is 22.2 Å². The fourth-order valence-electron chi connectivity index (χ4n) is 4.32. The van der Waals surface area contributed by atoms with Gasteiger partial charge < -0.3 is 15.6 Å². The lowest BCUT2D eigenvalue weighted by Gasteiger charge is -2.27. The first-order valence-corrected chi connectivity index (χ1v) is 11.5. The van der Waals surface area contributed by atoms with Crippen molar-refractivity contribution < 1.29 is 0 Å². The van der Waals surface area contributed by atoms with Crippen LogP contribution < -0.4 is 10.6 Å². The van der Waals surface area contributed by atoms with Crippen molar-refractivity contribution in [2.75, 3.05) is 31.5 Å². The standard InChI is InChI=1S/C24H28N8.ClH/c1-2-17(1)15-32-16-20(13-27-32)19-3-4-21-22(12-19)29-24(28-21)30-23-11-18(5-6-26-23)14-31-9-7-25-8-10-31;/h3-6,11-13,16-17,25H,1-2,7-10,14-15H2,(H2,26,28,29,30);1H. The van der Waals surface area contributed by atoms with Crippen molar-refractivity contribution in [3.05, 3.63) is 54.5 Å². The summed E-state index contributed by atoms with van der Waals surface area (Å²) >= 11 is 0. The van der Waals surface area contributed by atoms with Gasteiger partial charge in [-0.05, 0) is 54.2 Å². The highest BCUT2D eigenvalue weighted by molar-refractivity contribution is 5.85. The molecule has 0 atom stereocenters. The Kier molecular flexibility index (Phi) is 6.30. The Labute approximate surface area is 199 Å². The summed E-state index contributed by atoms with van der Waals surface area (Å²) in [4.78, 5) is 15.0. The Morgan fingerprint density at radius 2 is 1.94 bits per heavy atom. The lowest BCUT2D eigenvalue weighted by molar-refractivity contribution is 0.233.